The fourth-order valence-corrected chi connectivity index (χ4v) is 1.91. The van der Waals surface area contributed by atoms with Crippen LogP contribution in [0.2, 0.25) is 0 Å². The normalized spacial score (nSPS) is 14.5. The van der Waals surface area contributed by atoms with Crippen molar-refractivity contribution >= 4 is 5.97 Å². The number of hydrogen-bond donors (Lipinski definition) is 2. The monoisotopic (exact) mass is 222 g/mol. The van der Waals surface area contributed by atoms with Gasteiger partial charge >= 0.3 is 5.97 Å². The average Bonchev–Trinajstić information content (AvgIpc) is 2.21. The molecule has 0 saturated heterocycles. The van der Waals surface area contributed by atoms with Crippen LogP contribution in [0.25, 0.3) is 0 Å². The van der Waals surface area contributed by atoms with Crippen LogP contribution in [0.5, 0.6) is 0 Å². The number of hydrogen-bond acceptors (Lipinski definition) is 2. The lowest BCUT2D eigenvalue weighted by Gasteiger charge is -2.26. The Morgan fingerprint density at radius 3 is 2.50 bits per heavy atom. The molecule has 0 heterocycles. The smallest absolute Gasteiger partial charge is 0.313 e. The summed E-state index contributed by atoms with van der Waals surface area (Å²) in [5.41, 5.74) is 1.76. The highest BCUT2D eigenvalue weighted by Gasteiger charge is 2.35. The van der Waals surface area contributed by atoms with E-state index in [1.807, 2.05) is 32.0 Å². The number of rotatable bonds is 4. The molecule has 1 atom stereocenters. The second-order valence-electron chi connectivity index (χ2n) is 4.43. The van der Waals surface area contributed by atoms with Crippen molar-refractivity contribution in [2.45, 2.75) is 32.6 Å². The number of aryl methyl sites for hydroxylation is 2. The number of benzene rings is 1. The van der Waals surface area contributed by atoms with E-state index in [4.69, 9.17) is 5.11 Å². The SMILES string of the molecule is Cc1ccc(C)c(C(C)(CCO)C(=O)O)c1. The maximum atomic E-state index is 11.4. The molecule has 3 nitrogen and oxygen atoms in total. The van der Waals surface area contributed by atoms with Gasteiger partial charge in [0, 0.05) is 6.61 Å². The van der Waals surface area contributed by atoms with Gasteiger partial charge in [-0.25, -0.2) is 0 Å². The summed E-state index contributed by atoms with van der Waals surface area (Å²) in [5.74, 6) is -0.893. The molecule has 1 aromatic carbocycles. The number of carboxylic acids is 1. The fourth-order valence-electron chi connectivity index (χ4n) is 1.91. The number of aliphatic carboxylic acids is 1. The molecular weight excluding hydrogens is 204 g/mol. The molecule has 2 N–H and O–H groups in total. The van der Waals surface area contributed by atoms with Gasteiger partial charge in [-0.2, -0.15) is 0 Å². The van der Waals surface area contributed by atoms with Gasteiger partial charge in [0.15, 0.2) is 0 Å². The van der Waals surface area contributed by atoms with Crippen molar-refractivity contribution in [1.82, 2.24) is 0 Å². The average molecular weight is 222 g/mol. The van der Waals surface area contributed by atoms with Crippen LogP contribution in [0.4, 0.5) is 0 Å². The first-order valence-corrected chi connectivity index (χ1v) is 5.34. The lowest BCUT2D eigenvalue weighted by Crippen LogP contribution is -2.34. The highest BCUT2D eigenvalue weighted by Crippen LogP contribution is 2.31. The maximum absolute atomic E-state index is 11.4. The Hall–Kier alpha value is -1.35. The van der Waals surface area contributed by atoms with E-state index in [0.717, 1.165) is 16.7 Å². The summed E-state index contributed by atoms with van der Waals surface area (Å²) in [4.78, 5) is 11.4. The Kier molecular flexibility index (Phi) is 3.70. The molecule has 0 saturated carbocycles. The summed E-state index contributed by atoms with van der Waals surface area (Å²) in [5, 5.41) is 18.3. The van der Waals surface area contributed by atoms with E-state index in [0.29, 0.717) is 0 Å². The van der Waals surface area contributed by atoms with E-state index >= 15 is 0 Å². The van der Waals surface area contributed by atoms with Crippen LogP contribution in [0.1, 0.15) is 30.0 Å². The van der Waals surface area contributed by atoms with Gasteiger partial charge in [0.05, 0.1) is 5.41 Å². The predicted molar refractivity (Wildman–Crippen MR) is 62.6 cm³/mol. The van der Waals surface area contributed by atoms with Crippen molar-refractivity contribution in [3.63, 3.8) is 0 Å². The van der Waals surface area contributed by atoms with Crippen molar-refractivity contribution in [3.8, 4) is 0 Å². The zero-order chi connectivity index (χ0) is 12.3. The summed E-state index contributed by atoms with van der Waals surface area (Å²) in [7, 11) is 0. The zero-order valence-electron chi connectivity index (χ0n) is 9.95. The topological polar surface area (TPSA) is 57.5 Å². The van der Waals surface area contributed by atoms with Crippen LogP contribution in [0, 0.1) is 13.8 Å². The van der Waals surface area contributed by atoms with Gasteiger partial charge in [-0.3, -0.25) is 4.79 Å². The van der Waals surface area contributed by atoms with Crippen LogP contribution in [-0.2, 0) is 10.2 Å². The first kappa shape index (κ1) is 12.7. The van der Waals surface area contributed by atoms with Crippen molar-refractivity contribution in [3.05, 3.63) is 34.9 Å². The minimum atomic E-state index is -1.01. The Balaban J connectivity index is 3.31. The van der Waals surface area contributed by atoms with Gasteiger partial charge in [-0.05, 0) is 38.3 Å². The van der Waals surface area contributed by atoms with Crippen LogP contribution in [-0.4, -0.2) is 22.8 Å². The molecule has 1 aromatic rings. The first-order chi connectivity index (χ1) is 7.41. The summed E-state index contributed by atoms with van der Waals surface area (Å²) in [6.45, 7) is 5.36. The highest BCUT2D eigenvalue weighted by atomic mass is 16.4. The Labute approximate surface area is 95.7 Å². The summed E-state index contributed by atoms with van der Waals surface area (Å²) in [6, 6.07) is 5.77. The third-order valence-corrected chi connectivity index (χ3v) is 3.07. The number of carboxylic acid groups (broad SMARTS) is 1. The largest absolute Gasteiger partial charge is 0.481 e. The summed E-state index contributed by atoms with van der Waals surface area (Å²) >= 11 is 0. The minimum absolute atomic E-state index is 0.129. The molecule has 0 aliphatic carbocycles. The predicted octanol–water partition coefficient (Wildman–Crippen LogP) is 2.03. The molecule has 0 aliphatic heterocycles. The highest BCUT2D eigenvalue weighted by molar-refractivity contribution is 5.81. The zero-order valence-corrected chi connectivity index (χ0v) is 9.95. The summed E-state index contributed by atoms with van der Waals surface area (Å²) in [6.07, 6.45) is 0.229. The molecule has 0 bridgehead atoms. The van der Waals surface area contributed by atoms with Gasteiger partial charge in [0.25, 0.3) is 0 Å². The van der Waals surface area contributed by atoms with E-state index in [1.165, 1.54) is 0 Å². The Bertz CT molecular complexity index is 398. The Morgan fingerprint density at radius 2 is 2.00 bits per heavy atom. The fraction of sp³-hybridized carbons (Fsp3) is 0.462. The Morgan fingerprint density at radius 1 is 1.38 bits per heavy atom. The lowest BCUT2D eigenvalue weighted by molar-refractivity contribution is -0.143. The second kappa shape index (κ2) is 4.66. The van der Waals surface area contributed by atoms with Gasteiger partial charge < -0.3 is 10.2 Å². The number of carbonyl (C=O) groups is 1. The first-order valence-electron chi connectivity index (χ1n) is 5.34. The number of aliphatic hydroxyl groups excluding tert-OH is 1. The van der Waals surface area contributed by atoms with E-state index in [-0.39, 0.29) is 13.0 Å². The van der Waals surface area contributed by atoms with Gasteiger partial charge in [0.1, 0.15) is 0 Å². The van der Waals surface area contributed by atoms with E-state index in [2.05, 4.69) is 0 Å². The molecule has 0 spiro atoms. The molecule has 0 radical (unpaired) electrons. The summed E-state index contributed by atoms with van der Waals surface area (Å²) < 4.78 is 0. The molecule has 0 fully saturated rings. The van der Waals surface area contributed by atoms with E-state index in [1.54, 1.807) is 6.92 Å². The van der Waals surface area contributed by atoms with Gasteiger partial charge in [0.2, 0.25) is 0 Å². The second-order valence-corrected chi connectivity index (χ2v) is 4.43. The van der Waals surface area contributed by atoms with Crippen LogP contribution < -0.4 is 0 Å². The minimum Gasteiger partial charge on any atom is -0.481 e. The van der Waals surface area contributed by atoms with Crippen molar-refractivity contribution < 1.29 is 15.0 Å². The van der Waals surface area contributed by atoms with Crippen molar-refractivity contribution in [1.29, 1.82) is 0 Å². The molecule has 0 aromatic heterocycles. The molecule has 88 valence electrons. The number of aliphatic hydroxyl groups is 1. The molecule has 0 aliphatic rings. The molecular formula is C13H18O3. The molecule has 16 heavy (non-hydrogen) atoms. The third-order valence-electron chi connectivity index (χ3n) is 3.07. The van der Waals surface area contributed by atoms with Crippen LogP contribution in [0.3, 0.4) is 0 Å². The molecule has 0 amide bonds. The molecule has 1 rings (SSSR count). The standard InChI is InChI=1S/C13H18O3/c1-9-4-5-10(2)11(8-9)13(3,6-7-14)12(15)16/h4-5,8,14H,6-7H2,1-3H3,(H,15,16). The third kappa shape index (κ3) is 2.25. The van der Waals surface area contributed by atoms with Crippen LogP contribution >= 0.6 is 0 Å². The van der Waals surface area contributed by atoms with Gasteiger partial charge in [-0.1, -0.05) is 23.8 Å². The van der Waals surface area contributed by atoms with E-state index in [9.17, 15) is 9.90 Å². The quantitative estimate of drug-likeness (QED) is 0.819. The molecule has 3 heteroatoms. The van der Waals surface area contributed by atoms with Crippen molar-refractivity contribution in [2.75, 3.05) is 6.61 Å². The maximum Gasteiger partial charge on any atom is 0.313 e. The molecule has 1 unspecified atom stereocenters. The van der Waals surface area contributed by atoms with Gasteiger partial charge in [-0.15, -0.1) is 0 Å². The van der Waals surface area contributed by atoms with Crippen LogP contribution in [0.15, 0.2) is 18.2 Å². The van der Waals surface area contributed by atoms with E-state index < -0.39 is 11.4 Å². The van der Waals surface area contributed by atoms with Crippen molar-refractivity contribution in [2.24, 2.45) is 0 Å². The lowest BCUT2D eigenvalue weighted by atomic mass is 9.77.